The predicted molar refractivity (Wildman–Crippen MR) is 78.9 cm³/mol. The SMILES string of the molecule is CCOC(=O)C(NC)c1ccc(OC)c2ccccc12. The van der Waals surface area contributed by atoms with E-state index in [1.807, 2.05) is 36.4 Å². The van der Waals surface area contributed by atoms with Crippen LogP contribution in [0.15, 0.2) is 36.4 Å². The molecule has 0 aliphatic rings. The van der Waals surface area contributed by atoms with Crippen molar-refractivity contribution in [2.24, 2.45) is 0 Å². The van der Waals surface area contributed by atoms with Gasteiger partial charge in [-0.25, -0.2) is 4.79 Å². The van der Waals surface area contributed by atoms with Gasteiger partial charge in [0.25, 0.3) is 0 Å². The smallest absolute Gasteiger partial charge is 0.327 e. The van der Waals surface area contributed by atoms with Crippen LogP contribution in [0.25, 0.3) is 10.8 Å². The number of ether oxygens (including phenoxy) is 2. The van der Waals surface area contributed by atoms with Crippen LogP contribution in [0, 0.1) is 0 Å². The number of esters is 1. The first-order valence-electron chi connectivity index (χ1n) is 6.62. The van der Waals surface area contributed by atoms with Gasteiger partial charge in [0.05, 0.1) is 13.7 Å². The summed E-state index contributed by atoms with van der Waals surface area (Å²) in [5.74, 6) is 0.522. The fourth-order valence-corrected chi connectivity index (χ4v) is 2.35. The maximum absolute atomic E-state index is 12.1. The van der Waals surface area contributed by atoms with Crippen LogP contribution in [0.1, 0.15) is 18.5 Å². The summed E-state index contributed by atoms with van der Waals surface area (Å²) in [6.07, 6.45) is 0. The highest BCUT2D eigenvalue weighted by molar-refractivity contribution is 5.94. The molecule has 2 aromatic carbocycles. The second-order valence-electron chi connectivity index (χ2n) is 4.38. The van der Waals surface area contributed by atoms with Crippen molar-refractivity contribution in [2.75, 3.05) is 20.8 Å². The van der Waals surface area contributed by atoms with Gasteiger partial charge in [0.15, 0.2) is 0 Å². The molecule has 0 aliphatic heterocycles. The first kappa shape index (κ1) is 14.3. The van der Waals surface area contributed by atoms with Crippen LogP contribution >= 0.6 is 0 Å². The van der Waals surface area contributed by atoms with Crippen molar-refractivity contribution in [1.82, 2.24) is 5.32 Å². The molecule has 2 aromatic rings. The Morgan fingerprint density at radius 3 is 2.50 bits per heavy atom. The lowest BCUT2D eigenvalue weighted by Crippen LogP contribution is -2.27. The van der Waals surface area contributed by atoms with Gasteiger partial charge < -0.3 is 14.8 Å². The van der Waals surface area contributed by atoms with Crippen LogP contribution in [-0.4, -0.2) is 26.7 Å². The molecule has 1 unspecified atom stereocenters. The highest BCUT2D eigenvalue weighted by Crippen LogP contribution is 2.31. The summed E-state index contributed by atoms with van der Waals surface area (Å²) in [5.41, 5.74) is 0.891. The molecule has 0 spiro atoms. The van der Waals surface area contributed by atoms with Gasteiger partial charge in [0.2, 0.25) is 0 Å². The molecule has 0 saturated carbocycles. The Kier molecular flexibility index (Phi) is 4.58. The van der Waals surface area contributed by atoms with E-state index in [4.69, 9.17) is 9.47 Å². The number of benzene rings is 2. The second kappa shape index (κ2) is 6.39. The lowest BCUT2D eigenvalue weighted by Gasteiger charge is -2.18. The Bertz CT molecular complexity index is 610. The number of fused-ring (bicyclic) bond motifs is 1. The molecular formula is C16H19NO3. The molecule has 0 fully saturated rings. The van der Waals surface area contributed by atoms with E-state index in [-0.39, 0.29) is 5.97 Å². The molecule has 0 bridgehead atoms. The molecule has 1 atom stereocenters. The Morgan fingerprint density at radius 1 is 1.20 bits per heavy atom. The van der Waals surface area contributed by atoms with Crippen molar-refractivity contribution in [3.63, 3.8) is 0 Å². The van der Waals surface area contributed by atoms with Crippen LogP contribution in [0.4, 0.5) is 0 Å². The van der Waals surface area contributed by atoms with Gasteiger partial charge in [-0.05, 0) is 31.0 Å². The number of rotatable bonds is 5. The monoisotopic (exact) mass is 273 g/mol. The van der Waals surface area contributed by atoms with Crippen molar-refractivity contribution in [2.45, 2.75) is 13.0 Å². The zero-order chi connectivity index (χ0) is 14.5. The molecule has 0 heterocycles. The van der Waals surface area contributed by atoms with E-state index in [0.29, 0.717) is 6.61 Å². The van der Waals surface area contributed by atoms with Crippen LogP contribution in [0.5, 0.6) is 5.75 Å². The third kappa shape index (κ3) is 2.60. The van der Waals surface area contributed by atoms with E-state index >= 15 is 0 Å². The van der Waals surface area contributed by atoms with E-state index in [0.717, 1.165) is 22.1 Å². The fraction of sp³-hybridized carbons (Fsp3) is 0.312. The summed E-state index contributed by atoms with van der Waals surface area (Å²) in [5, 5.41) is 4.99. The van der Waals surface area contributed by atoms with Gasteiger partial charge >= 0.3 is 5.97 Å². The van der Waals surface area contributed by atoms with Gasteiger partial charge in [-0.1, -0.05) is 30.3 Å². The predicted octanol–water partition coefficient (Wildman–Crippen LogP) is 2.67. The molecule has 0 amide bonds. The first-order valence-corrected chi connectivity index (χ1v) is 6.62. The summed E-state index contributed by atoms with van der Waals surface area (Å²) >= 11 is 0. The lowest BCUT2D eigenvalue weighted by atomic mass is 9.98. The van der Waals surface area contributed by atoms with Gasteiger partial charge in [0, 0.05) is 5.39 Å². The summed E-state index contributed by atoms with van der Waals surface area (Å²) < 4.78 is 10.5. The quantitative estimate of drug-likeness (QED) is 0.851. The van der Waals surface area contributed by atoms with Crippen molar-refractivity contribution in [3.05, 3.63) is 42.0 Å². The van der Waals surface area contributed by atoms with E-state index < -0.39 is 6.04 Å². The topological polar surface area (TPSA) is 47.6 Å². The first-order chi connectivity index (χ1) is 9.72. The minimum atomic E-state index is -0.481. The van der Waals surface area contributed by atoms with Crippen LogP contribution < -0.4 is 10.1 Å². The van der Waals surface area contributed by atoms with Crippen molar-refractivity contribution < 1.29 is 14.3 Å². The average Bonchev–Trinajstić information content (AvgIpc) is 2.48. The minimum absolute atomic E-state index is 0.273. The summed E-state index contributed by atoms with van der Waals surface area (Å²) in [6.45, 7) is 2.17. The van der Waals surface area contributed by atoms with Crippen LogP contribution in [0.2, 0.25) is 0 Å². The Balaban J connectivity index is 2.56. The molecule has 4 nitrogen and oxygen atoms in total. The number of hydrogen-bond donors (Lipinski definition) is 1. The third-order valence-electron chi connectivity index (χ3n) is 3.26. The molecule has 0 aliphatic carbocycles. The molecule has 0 radical (unpaired) electrons. The summed E-state index contributed by atoms with van der Waals surface area (Å²) in [7, 11) is 3.39. The van der Waals surface area contributed by atoms with Crippen molar-refractivity contribution in [3.8, 4) is 5.75 Å². The highest BCUT2D eigenvalue weighted by atomic mass is 16.5. The second-order valence-corrected chi connectivity index (χ2v) is 4.38. The van der Waals surface area contributed by atoms with Gasteiger partial charge in [-0.15, -0.1) is 0 Å². The van der Waals surface area contributed by atoms with Crippen molar-refractivity contribution >= 4 is 16.7 Å². The molecule has 106 valence electrons. The Morgan fingerprint density at radius 2 is 1.90 bits per heavy atom. The number of nitrogens with one attached hydrogen (secondary N) is 1. The summed E-state index contributed by atoms with van der Waals surface area (Å²) in [6, 6.07) is 11.2. The number of methoxy groups -OCH3 is 1. The molecule has 20 heavy (non-hydrogen) atoms. The zero-order valence-corrected chi connectivity index (χ0v) is 12.0. The molecule has 1 N–H and O–H groups in total. The number of hydrogen-bond acceptors (Lipinski definition) is 4. The number of carbonyl (C=O) groups is 1. The molecule has 0 aromatic heterocycles. The maximum Gasteiger partial charge on any atom is 0.327 e. The largest absolute Gasteiger partial charge is 0.496 e. The van der Waals surface area contributed by atoms with Gasteiger partial charge in [-0.2, -0.15) is 0 Å². The van der Waals surface area contributed by atoms with E-state index in [1.54, 1.807) is 21.1 Å². The minimum Gasteiger partial charge on any atom is -0.496 e. The summed E-state index contributed by atoms with van der Waals surface area (Å²) in [4.78, 5) is 12.1. The molecule has 2 rings (SSSR count). The van der Waals surface area contributed by atoms with E-state index in [9.17, 15) is 4.79 Å². The van der Waals surface area contributed by atoms with Crippen molar-refractivity contribution in [1.29, 1.82) is 0 Å². The molecular weight excluding hydrogens is 254 g/mol. The zero-order valence-electron chi connectivity index (χ0n) is 12.0. The highest BCUT2D eigenvalue weighted by Gasteiger charge is 2.22. The van der Waals surface area contributed by atoms with Gasteiger partial charge in [-0.3, -0.25) is 0 Å². The number of likely N-dealkylation sites (N-methyl/N-ethyl adjacent to an activating group) is 1. The standard InChI is InChI=1S/C16H19NO3/c1-4-20-16(18)15(17-2)13-9-10-14(19-3)12-8-6-5-7-11(12)13/h5-10,15,17H,4H2,1-3H3. The van der Waals surface area contributed by atoms with Crippen LogP contribution in [0.3, 0.4) is 0 Å². The van der Waals surface area contributed by atoms with E-state index in [1.165, 1.54) is 0 Å². The maximum atomic E-state index is 12.1. The number of carbonyl (C=O) groups excluding carboxylic acids is 1. The Labute approximate surface area is 118 Å². The van der Waals surface area contributed by atoms with E-state index in [2.05, 4.69) is 5.32 Å². The molecule has 4 heteroatoms. The molecule has 0 saturated heterocycles. The fourth-order valence-electron chi connectivity index (χ4n) is 2.35. The van der Waals surface area contributed by atoms with Gasteiger partial charge in [0.1, 0.15) is 11.8 Å². The third-order valence-corrected chi connectivity index (χ3v) is 3.26. The Hall–Kier alpha value is -2.07. The lowest BCUT2D eigenvalue weighted by molar-refractivity contribution is -0.145. The normalized spacial score (nSPS) is 12.2. The van der Waals surface area contributed by atoms with Crippen LogP contribution in [-0.2, 0) is 9.53 Å². The average molecular weight is 273 g/mol.